The quantitative estimate of drug-likeness (QED) is 0.635. The van der Waals surface area contributed by atoms with Crippen LogP contribution in [-0.2, 0) is 13.0 Å². The fourth-order valence-electron chi connectivity index (χ4n) is 2.82. The van der Waals surface area contributed by atoms with Crippen molar-refractivity contribution < 1.29 is 9.53 Å². The van der Waals surface area contributed by atoms with Gasteiger partial charge in [0.25, 0.3) is 5.91 Å². The Kier molecular flexibility index (Phi) is 6.04. The maximum Gasteiger partial charge on any atom is 0.251 e. The number of benzene rings is 2. The van der Waals surface area contributed by atoms with Gasteiger partial charge in [0, 0.05) is 24.5 Å². The number of nitrogens with one attached hydrogen (secondary N) is 1. The molecule has 0 spiro atoms. The summed E-state index contributed by atoms with van der Waals surface area (Å²) in [5, 5.41) is 7.19. The van der Waals surface area contributed by atoms with Crippen LogP contribution in [0.1, 0.15) is 27.9 Å². The Labute approximate surface area is 153 Å². The second-order valence-electron chi connectivity index (χ2n) is 6.12. The zero-order valence-electron chi connectivity index (χ0n) is 14.9. The predicted octanol–water partition coefficient (Wildman–Crippen LogP) is 3.30. The zero-order chi connectivity index (χ0) is 18.2. The molecule has 0 atom stereocenters. The summed E-state index contributed by atoms with van der Waals surface area (Å²) in [5.74, 6) is 0.818. The Morgan fingerprint density at radius 1 is 1.12 bits per heavy atom. The fraction of sp³-hybridized carbons (Fsp3) is 0.238. The maximum atomic E-state index is 12.4. The van der Waals surface area contributed by atoms with Crippen LogP contribution in [0.5, 0.6) is 5.75 Å². The Bertz CT molecular complexity index is 844. The van der Waals surface area contributed by atoms with Crippen molar-refractivity contribution in [1.29, 1.82) is 0 Å². The number of hydrogen-bond acceptors (Lipinski definition) is 3. The van der Waals surface area contributed by atoms with E-state index in [9.17, 15) is 4.79 Å². The van der Waals surface area contributed by atoms with Gasteiger partial charge in [0.15, 0.2) is 0 Å². The summed E-state index contributed by atoms with van der Waals surface area (Å²) in [4.78, 5) is 12.4. The van der Waals surface area contributed by atoms with Gasteiger partial charge < -0.3 is 10.1 Å². The highest BCUT2D eigenvalue weighted by Gasteiger charge is 2.06. The molecule has 1 N–H and O–H groups in total. The topological polar surface area (TPSA) is 56.1 Å². The first-order valence-corrected chi connectivity index (χ1v) is 8.72. The second-order valence-corrected chi connectivity index (χ2v) is 6.12. The number of carbonyl (C=O) groups excluding carboxylic acids is 1. The van der Waals surface area contributed by atoms with Gasteiger partial charge in [-0.15, -0.1) is 0 Å². The van der Waals surface area contributed by atoms with E-state index in [0.29, 0.717) is 18.7 Å². The van der Waals surface area contributed by atoms with E-state index < -0.39 is 0 Å². The van der Waals surface area contributed by atoms with Crippen LogP contribution in [0, 0.1) is 0 Å². The second kappa shape index (κ2) is 8.85. The molecule has 0 saturated heterocycles. The van der Waals surface area contributed by atoms with E-state index in [1.54, 1.807) is 13.3 Å². The van der Waals surface area contributed by atoms with Crippen molar-refractivity contribution in [2.24, 2.45) is 0 Å². The Balaban J connectivity index is 1.48. The van der Waals surface area contributed by atoms with Crippen molar-refractivity contribution in [2.75, 3.05) is 13.7 Å². The number of rotatable bonds is 8. The molecule has 5 heteroatoms. The minimum Gasteiger partial charge on any atom is -0.497 e. The van der Waals surface area contributed by atoms with Gasteiger partial charge in [-0.05, 0) is 54.3 Å². The number of ether oxygens (including phenoxy) is 1. The van der Waals surface area contributed by atoms with Crippen molar-refractivity contribution in [1.82, 2.24) is 15.1 Å². The molecule has 1 amide bonds. The molecule has 0 saturated carbocycles. The fourth-order valence-corrected chi connectivity index (χ4v) is 2.82. The molecule has 3 aromatic rings. The average Bonchev–Trinajstić information content (AvgIpc) is 3.18. The first-order chi connectivity index (χ1) is 12.7. The molecule has 1 aromatic heterocycles. The molecular formula is C21H23N3O2. The number of carbonyl (C=O) groups is 1. The highest BCUT2D eigenvalue weighted by atomic mass is 16.5. The van der Waals surface area contributed by atoms with Crippen molar-refractivity contribution >= 4 is 5.91 Å². The molecule has 5 nitrogen and oxygen atoms in total. The Morgan fingerprint density at radius 2 is 1.96 bits per heavy atom. The molecule has 0 unspecified atom stereocenters. The van der Waals surface area contributed by atoms with Gasteiger partial charge >= 0.3 is 0 Å². The third-order valence-electron chi connectivity index (χ3n) is 4.15. The summed E-state index contributed by atoms with van der Waals surface area (Å²) in [7, 11) is 1.67. The van der Waals surface area contributed by atoms with Gasteiger partial charge in [-0.1, -0.05) is 24.3 Å². The minimum atomic E-state index is -0.0436. The molecule has 0 bridgehead atoms. The SMILES string of the molecule is COc1cccc(CCCNC(=O)c2cccc(Cn3cccn3)c2)c1. The molecule has 26 heavy (non-hydrogen) atoms. The summed E-state index contributed by atoms with van der Waals surface area (Å²) in [5.41, 5.74) is 2.94. The van der Waals surface area contributed by atoms with Gasteiger partial charge in [0.05, 0.1) is 13.7 Å². The van der Waals surface area contributed by atoms with E-state index >= 15 is 0 Å². The van der Waals surface area contributed by atoms with Crippen molar-refractivity contribution in [2.45, 2.75) is 19.4 Å². The molecule has 0 aliphatic carbocycles. The standard InChI is InChI=1S/C21H23N3O2/c1-26-20-10-3-6-17(15-20)8-4-11-22-21(25)19-9-2-7-18(14-19)16-24-13-5-12-23-24/h2-3,5-7,9-10,12-15H,4,8,11,16H2,1H3,(H,22,25). The number of aryl methyl sites for hydroxylation is 1. The number of hydrogen-bond donors (Lipinski definition) is 1. The van der Waals surface area contributed by atoms with Crippen LogP contribution in [0.3, 0.4) is 0 Å². The number of nitrogens with zero attached hydrogens (tertiary/aromatic N) is 2. The summed E-state index contributed by atoms with van der Waals surface area (Å²) in [6, 6.07) is 17.6. The predicted molar refractivity (Wildman–Crippen MR) is 101 cm³/mol. The lowest BCUT2D eigenvalue weighted by Gasteiger charge is -2.08. The summed E-state index contributed by atoms with van der Waals surface area (Å²) in [6.45, 7) is 1.30. The van der Waals surface area contributed by atoms with E-state index in [1.165, 1.54) is 5.56 Å². The summed E-state index contributed by atoms with van der Waals surface area (Å²) < 4.78 is 7.07. The van der Waals surface area contributed by atoms with Gasteiger partial charge in [-0.25, -0.2) is 0 Å². The highest BCUT2D eigenvalue weighted by Crippen LogP contribution is 2.13. The van der Waals surface area contributed by atoms with E-state index in [4.69, 9.17) is 4.74 Å². The molecule has 1 heterocycles. The zero-order valence-corrected chi connectivity index (χ0v) is 14.9. The van der Waals surface area contributed by atoms with Gasteiger partial charge in [-0.3, -0.25) is 9.48 Å². The van der Waals surface area contributed by atoms with Crippen molar-refractivity contribution in [3.05, 3.63) is 83.7 Å². The largest absolute Gasteiger partial charge is 0.497 e. The summed E-state index contributed by atoms with van der Waals surface area (Å²) in [6.07, 6.45) is 5.44. The van der Waals surface area contributed by atoms with Crippen LogP contribution in [0.2, 0.25) is 0 Å². The van der Waals surface area contributed by atoms with E-state index in [0.717, 1.165) is 24.2 Å². The summed E-state index contributed by atoms with van der Waals surface area (Å²) >= 11 is 0. The van der Waals surface area contributed by atoms with E-state index in [2.05, 4.69) is 16.5 Å². The first kappa shape index (κ1) is 17.7. The Morgan fingerprint density at radius 3 is 2.77 bits per heavy atom. The normalized spacial score (nSPS) is 10.5. The third kappa shape index (κ3) is 4.96. The first-order valence-electron chi connectivity index (χ1n) is 8.72. The molecule has 134 valence electrons. The van der Waals surface area contributed by atoms with Crippen LogP contribution in [0.25, 0.3) is 0 Å². The van der Waals surface area contributed by atoms with Gasteiger partial charge in [-0.2, -0.15) is 5.10 Å². The highest BCUT2D eigenvalue weighted by molar-refractivity contribution is 5.94. The van der Waals surface area contributed by atoms with Crippen molar-refractivity contribution in [3.8, 4) is 5.75 Å². The number of aromatic nitrogens is 2. The lowest BCUT2D eigenvalue weighted by Crippen LogP contribution is -2.24. The maximum absolute atomic E-state index is 12.4. The van der Waals surface area contributed by atoms with Crippen molar-refractivity contribution in [3.63, 3.8) is 0 Å². The lowest BCUT2D eigenvalue weighted by molar-refractivity contribution is 0.0953. The van der Waals surface area contributed by atoms with Crippen LogP contribution in [-0.4, -0.2) is 29.3 Å². The third-order valence-corrected chi connectivity index (χ3v) is 4.15. The molecule has 0 aliphatic heterocycles. The van der Waals surface area contributed by atoms with Crippen LogP contribution >= 0.6 is 0 Å². The minimum absolute atomic E-state index is 0.0436. The molecule has 2 aromatic carbocycles. The average molecular weight is 349 g/mol. The van der Waals surface area contributed by atoms with Gasteiger partial charge in [0.2, 0.25) is 0 Å². The van der Waals surface area contributed by atoms with E-state index in [1.807, 2.05) is 59.4 Å². The van der Waals surface area contributed by atoms with Crippen LogP contribution < -0.4 is 10.1 Å². The molecule has 0 fully saturated rings. The monoisotopic (exact) mass is 349 g/mol. The molecular weight excluding hydrogens is 326 g/mol. The lowest BCUT2D eigenvalue weighted by atomic mass is 10.1. The van der Waals surface area contributed by atoms with Gasteiger partial charge in [0.1, 0.15) is 5.75 Å². The smallest absolute Gasteiger partial charge is 0.251 e. The molecule has 3 rings (SSSR count). The van der Waals surface area contributed by atoms with Crippen LogP contribution in [0.15, 0.2) is 67.0 Å². The molecule has 0 radical (unpaired) electrons. The Hall–Kier alpha value is -3.08. The number of amides is 1. The number of methoxy groups -OCH3 is 1. The van der Waals surface area contributed by atoms with Crippen LogP contribution in [0.4, 0.5) is 0 Å². The molecule has 0 aliphatic rings. The van der Waals surface area contributed by atoms with E-state index in [-0.39, 0.29) is 5.91 Å².